The second kappa shape index (κ2) is 3.19. The minimum atomic E-state index is -2.61. The van der Waals surface area contributed by atoms with Crippen molar-refractivity contribution < 1.29 is 8.78 Å². The van der Waals surface area contributed by atoms with Crippen LogP contribution in [0.5, 0.6) is 0 Å². The van der Waals surface area contributed by atoms with Crippen molar-refractivity contribution in [3.63, 3.8) is 0 Å². The summed E-state index contributed by atoms with van der Waals surface area (Å²) in [5.41, 5.74) is 6.74. The lowest BCUT2D eigenvalue weighted by Gasteiger charge is -2.46. The van der Waals surface area contributed by atoms with E-state index >= 15 is 0 Å². The van der Waals surface area contributed by atoms with Crippen molar-refractivity contribution in [1.82, 2.24) is 20.4 Å². The zero-order chi connectivity index (χ0) is 12.1. The molecule has 2 heterocycles. The highest BCUT2D eigenvalue weighted by molar-refractivity contribution is 5.69. The van der Waals surface area contributed by atoms with Crippen LogP contribution in [-0.4, -0.2) is 32.9 Å². The number of nitrogens with two attached hydrogens (primary N) is 1. The second-order valence-corrected chi connectivity index (χ2v) is 4.58. The van der Waals surface area contributed by atoms with Crippen molar-refractivity contribution >= 4 is 11.2 Å². The van der Waals surface area contributed by atoms with Gasteiger partial charge in [0.25, 0.3) is 0 Å². The molecule has 7 heteroatoms. The molecule has 1 saturated carbocycles. The van der Waals surface area contributed by atoms with Crippen molar-refractivity contribution in [2.75, 3.05) is 6.54 Å². The summed E-state index contributed by atoms with van der Waals surface area (Å²) in [4.78, 5) is 4.08. The highest BCUT2D eigenvalue weighted by Crippen LogP contribution is 2.52. The quantitative estimate of drug-likeness (QED) is 0.818. The molecule has 3 N–H and O–H groups in total. The van der Waals surface area contributed by atoms with Gasteiger partial charge in [0.15, 0.2) is 0 Å². The monoisotopic (exact) mass is 239 g/mol. The Morgan fingerprint density at radius 2 is 2.12 bits per heavy atom. The van der Waals surface area contributed by atoms with E-state index < -0.39 is 11.3 Å². The number of aromatic amines is 1. The van der Waals surface area contributed by atoms with Gasteiger partial charge >= 0.3 is 0 Å². The van der Waals surface area contributed by atoms with Gasteiger partial charge in [0, 0.05) is 31.0 Å². The number of halogens is 2. The van der Waals surface area contributed by atoms with Gasteiger partial charge in [0.1, 0.15) is 5.52 Å². The second-order valence-electron chi connectivity index (χ2n) is 4.58. The molecule has 0 radical (unpaired) electrons. The number of hydrogen-bond acceptors (Lipinski definition) is 4. The molecule has 0 atom stereocenters. The summed E-state index contributed by atoms with van der Waals surface area (Å²) >= 11 is 0. The molecule has 90 valence electrons. The van der Waals surface area contributed by atoms with E-state index in [0.29, 0.717) is 16.7 Å². The van der Waals surface area contributed by atoms with Crippen molar-refractivity contribution in [3.05, 3.63) is 17.8 Å². The molecule has 0 saturated heterocycles. The van der Waals surface area contributed by atoms with Crippen molar-refractivity contribution in [2.24, 2.45) is 5.73 Å². The predicted molar refractivity (Wildman–Crippen MR) is 56.6 cm³/mol. The average Bonchev–Trinajstić information content (AvgIpc) is 2.71. The smallest absolute Gasteiger partial charge is 0.250 e. The highest BCUT2D eigenvalue weighted by Gasteiger charge is 2.56. The van der Waals surface area contributed by atoms with Crippen molar-refractivity contribution in [3.8, 4) is 0 Å². The van der Waals surface area contributed by atoms with Crippen molar-refractivity contribution in [1.29, 1.82) is 0 Å². The number of nitrogens with zero attached hydrogens (tertiary/aromatic N) is 3. The topological polar surface area (TPSA) is 80.5 Å². The number of alkyl halides is 2. The van der Waals surface area contributed by atoms with Gasteiger partial charge in [-0.1, -0.05) is 0 Å². The van der Waals surface area contributed by atoms with Crippen LogP contribution in [-0.2, 0) is 5.41 Å². The lowest BCUT2D eigenvalue weighted by Crippen LogP contribution is -2.53. The molecular formula is C10H11F2N5. The maximum absolute atomic E-state index is 13.0. The molecule has 2 aromatic rings. The third-order valence-electron chi connectivity index (χ3n) is 3.37. The third-order valence-corrected chi connectivity index (χ3v) is 3.37. The molecule has 0 spiro atoms. The molecule has 1 aliphatic carbocycles. The van der Waals surface area contributed by atoms with E-state index in [9.17, 15) is 8.78 Å². The summed E-state index contributed by atoms with van der Waals surface area (Å²) in [6.45, 7) is 0.188. The molecule has 17 heavy (non-hydrogen) atoms. The van der Waals surface area contributed by atoms with Crippen LogP contribution in [0, 0.1) is 0 Å². The Morgan fingerprint density at radius 3 is 2.76 bits per heavy atom. The molecule has 1 aliphatic rings. The van der Waals surface area contributed by atoms with E-state index in [2.05, 4.69) is 20.4 Å². The van der Waals surface area contributed by atoms with Crippen LogP contribution < -0.4 is 5.73 Å². The van der Waals surface area contributed by atoms with Crippen LogP contribution in [0.1, 0.15) is 18.4 Å². The lowest BCUT2D eigenvalue weighted by atomic mass is 9.62. The normalized spacial score (nSPS) is 21.4. The summed E-state index contributed by atoms with van der Waals surface area (Å²) in [5, 5.41) is 10.2. The zero-order valence-electron chi connectivity index (χ0n) is 8.95. The number of pyridine rings is 1. The predicted octanol–water partition coefficient (Wildman–Crippen LogP) is 0.978. The third kappa shape index (κ3) is 1.49. The first-order valence-corrected chi connectivity index (χ1v) is 5.30. The van der Waals surface area contributed by atoms with Crippen LogP contribution in [0.3, 0.4) is 0 Å². The number of H-pyrrole nitrogens is 1. The number of rotatable bonds is 2. The van der Waals surface area contributed by atoms with Gasteiger partial charge in [0.2, 0.25) is 11.6 Å². The molecule has 0 amide bonds. The average molecular weight is 239 g/mol. The first kappa shape index (κ1) is 10.5. The molecule has 0 unspecified atom stereocenters. The first-order chi connectivity index (χ1) is 8.05. The molecule has 0 bridgehead atoms. The van der Waals surface area contributed by atoms with Crippen LogP contribution in [0.25, 0.3) is 11.2 Å². The molecule has 3 rings (SSSR count). The van der Waals surface area contributed by atoms with Gasteiger partial charge in [-0.05, 0) is 11.6 Å². The standard InChI is InChI=1S/C10H11F2N5/c11-10(12)3-9(4-10,5-13)6-1-7-8(14-2-6)16-17-15-7/h1-2H,3-5,13H2,(H,14,15,16,17). The highest BCUT2D eigenvalue weighted by atomic mass is 19.3. The van der Waals surface area contributed by atoms with Gasteiger partial charge in [0.05, 0.1) is 0 Å². The van der Waals surface area contributed by atoms with Crippen LogP contribution in [0.4, 0.5) is 8.78 Å². The van der Waals surface area contributed by atoms with Crippen LogP contribution in [0.2, 0.25) is 0 Å². The van der Waals surface area contributed by atoms with Gasteiger partial charge in [-0.15, -0.1) is 5.10 Å². The van der Waals surface area contributed by atoms with E-state index in [4.69, 9.17) is 5.73 Å². The largest absolute Gasteiger partial charge is 0.330 e. The van der Waals surface area contributed by atoms with E-state index in [-0.39, 0.29) is 19.4 Å². The van der Waals surface area contributed by atoms with E-state index in [1.54, 1.807) is 12.3 Å². The van der Waals surface area contributed by atoms with E-state index in [1.165, 1.54) is 0 Å². The van der Waals surface area contributed by atoms with Gasteiger partial charge < -0.3 is 5.73 Å². The van der Waals surface area contributed by atoms with Gasteiger partial charge in [-0.3, -0.25) is 0 Å². The molecular weight excluding hydrogens is 228 g/mol. The summed E-state index contributed by atoms with van der Waals surface area (Å²) in [5.74, 6) is -2.61. The van der Waals surface area contributed by atoms with Crippen LogP contribution >= 0.6 is 0 Å². The number of aromatic nitrogens is 4. The summed E-state index contributed by atoms with van der Waals surface area (Å²) in [7, 11) is 0. The summed E-state index contributed by atoms with van der Waals surface area (Å²) in [6, 6.07) is 1.73. The SMILES string of the molecule is NCC1(c2cnc3n[nH]nc3c2)CC(F)(F)C1. The maximum atomic E-state index is 13.0. The lowest BCUT2D eigenvalue weighted by molar-refractivity contribution is -0.123. The summed E-state index contributed by atoms with van der Waals surface area (Å²) in [6.07, 6.45) is 1.12. The van der Waals surface area contributed by atoms with Crippen molar-refractivity contribution in [2.45, 2.75) is 24.2 Å². The number of hydrogen-bond donors (Lipinski definition) is 2. The molecule has 1 fully saturated rings. The first-order valence-electron chi connectivity index (χ1n) is 5.30. The Bertz CT molecular complexity index is 557. The molecule has 2 aromatic heterocycles. The van der Waals surface area contributed by atoms with Gasteiger partial charge in [-0.25, -0.2) is 13.8 Å². The minimum absolute atomic E-state index is 0.188. The molecule has 0 aliphatic heterocycles. The number of fused-ring (bicyclic) bond motifs is 1. The minimum Gasteiger partial charge on any atom is -0.330 e. The Kier molecular flexibility index (Phi) is 1.97. The maximum Gasteiger partial charge on any atom is 0.250 e. The fourth-order valence-electron chi connectivity index (χ4n) is 2.44. The van der Waals surface area contributed by atoms with Gasteiger partial charge in [-0.2, -0.15) is 10.3 Å². The number of nitrogens with one attached hydrogen (secondary N) is 1. The fourth-order valence-corrected chi connectivity index (χ4v) is 2.44. The molecule has 0 aromatic carbocycles. The zero-order valence-corrected chi connectivity index (χ0v) is 8.95. The Labute approximate surface area is 95.4 Å². The van der Waals surface area contributed by atoms with E-state index in [1.807, 2.05) is 0 Å². The fraction of sp³-hybridized carbons (Fsp3) is 0.500. The summed E-state index contributed by atoms with van der Waals surface area (Å²) < 4.78 is 26.1. The Hall–Kier alpha value is -1.63. The molecule has 5 nitrogen and oxygen atoms in total. The Balaban J connectivity index is 2.02. The van der Waals surface area contributed by atoms with Crippen LogP contribution in [0.15, 0.2) is 12.3 Å². The van der Waals surface area contributed by atoms with E-state index in [0.717, 1.165) is 0 Å². The Morgan fingerprint density at radius 1 is 1.35 bits per heavy atom.